The number of benzene rings is 1. The highest BCUT2D eigenvalue weighted by Gasteiger charge is 2.41. The molecular formula is C17H21BrN4O. The van der Waals surface area contributed by atoms with Gasteiger partial charge in [0.1, 0.15) is 5.54 Å². The van der Waals surface area contributed by atoms with Gasteiger partial charge in [-0.2, -0.15) is 5.10 Å². The van der Waals surface area contributed by atoms with Crippen molar-refractivity contribution in [2.45, 2.75) is 31.8 Å². The van der Waals surface area contributed by atoms with Gasteiger partial charge in [0.2, 0.25) is 5.91 Å². The topological polar surface area (TPSA) is 59.0 Å². The second kappa shape index (κ2) is 6.84. The molecule has 1 aliphatic heterocycles. The SMILES string of the molecule is Cc1cc(Br)ccc1CNC(=O)C1(n2cccn2)CCNCC1. The molecular weight excluding hydrogens is 356 g/mol. The molecule has 6 heteroatoms. The number of hydrogen-bond acceptors (Lipinski definition) is 3. The molecule has 1 aromatic heterocycles. The van der Waals surface area contributed by atoms with Crippen molar-refractivity contribution < 1.29 is 4.79 Å². The predicted octanol–water partition coefficient (Wildman–Crippen LogP) is 2.35. The molecule has 5 nitrogen and oxygen atoms in total. The van der Waals surface area contributed by atoms with Crippen LogP contribution in [0.5, 0.6) is 0 Å². The average Bonchev–Trinajstić information content (AvgIpc) is 3.09. The molecule has 0 unspecified atom stereocenters. The second-order valence-electron chi connectivity index (χ2n) is 5.99. The van der Waals surface area contributed by atoms with Crippen molar-refractivity contribution in [3.63, 3.8) is 0 Å². The number of amides is 1. The first-order chi connectivity index (χ1) is 11.1. The molecule has 0 bridgehead atoms. The van der Waals surface area contributed by atoms with Gasteiger partial charge in [0, 0.05) is 23.4 Å². The molecule has 0 radical (unpaired) electrons. The Hall–Kier alpha value is -1.66. The van der Waals surface area contributed by atoms with Crippen LogP contribution < -0.4 is 10.6 Å². The summed E-state index contributed by atoms with van der Waals surface area (Å²) in [6.45, 7) is 4.24. The maximum Gasteiger partial charge on any atom is 0.248 e. The van der Waals surface area contributed by atoms with Crippen molar-refractivity contribution in [3.8, 4) is 0 Å². The number of nitrogens with zero attached hydrogens (tertiary/aromatic N) is 2. The van der Waals surface area contributed by atoms with Gasteiger partial charge in [-0.05, 0) is 62.2 Å². The lowest BCUT2D eigenvalue weighted by atomic mass is 9.87. The molecule has 3 rings (SSSR count). The number of aromatic nitrogens is 2. The molecule has 1 aromatic carbocycles. The molecule has 2 heterocycles. The van der Waals surface area contributed by atoms with E-state index in [2.05, 4.69) is 44.7 Å². The average molecular weight is 377 g/mol. The fourth-order valence-electron chi connectivity index (χ4n) is 3.12. The van der Waals surface area contributed by atoms with Gasteiger partial charge in [-0.25, -0.2) is 0 Å². The van der Waals surface area contributed by atoms with Crippen molar-refractivity contribution in [1.82, 2.24) is 20.4 Å². The Bertz CT molecular complexity index is 678. The first-order valence-corrected chi connectivity index (χ1v) is 8.65. The molecule has 2 aromatic rings. The van der Waals surface area contributed by atoms with Gasteiger partial charge in [-0.3, -0.25) is 9.48 Å². The lowest BCUT2D eigenvalue weighted by Gasteiger charge is -2.36. The maximum atomic E-state index is 13.0. The van der Waals surface area contributed by atoms with E-state index in [1.807, 2.05) is 29.1 Å². The molecule has 122 valence electrons. The standard InChI is InChI=1S/C17H21BrN4O/c1-13-11-15(18)4-3-14(13)12-20-16(23)17(5-8-19-9-6-17)22-10-2-7-21-22/h2-4,7,10-11,19H,5-6,8-9,12H2,1H3,(H,20,23). The first kappa shape index (κ1) is 16.2. The third kappa shape index (κ3) is 3.33. The highest BCUT2D eigenvalue weighted by molar-refractivity contribution is 9.10. The van der Waals surface area contributed by atoms with Gasteiger partial charge in [-0.1, -0.05) is 22.0 Å². The van der Waals surface area contributed by atoms with Crippen molar-refractivity contribution in [2.75, 3.05) is 13.1 Å². The molecule has 1 amide bonds. The van der Waals surface area contributed by atoms with E-state index in [0.717, 1.165) is 41.5 Å². The molecule has 1 fully saturated rings. The van der Waals surface area contributed by atoms with E-state index in [4.69, 9.17) is 0 Å². The van der Waals surface area contributed by atoms with E-state index in [1.54, 1.807) is 6.20 Å². The zero-order valence-corrected chi connectivity index (χ0v) is 14.8. The van der Waals surface area contributed by atoms with Crippen LogP contribution in [0.3, 0.4) is 0 Å². The van der Waals surface area contributed by atoms with Gasteiger partial charge in [0.25, 0.3) is 0 Å². The summed E-state index contributed by atoms with van der Waals surface area (Å²) in [7, 11) is 0. The zero-order chi connectivity index (χ0) is 16.3. The Morgan fingerprint density at radius 3 is 2.87 bits per heavy atom. The van der Waals surface area contributed by atoms with Crippen LogP contribution in [-0.2, 0) is 16.9 Å². The van der Waals surface area contributed by atoms with Crippen LogP contribution in [0.4, 0.5) is 0 Å². The summed E-state index contributed by atoms with van der Waals surface area (Å²) in [5, 5.41) is 10.8. The third-order valence-corrected chi connectivity index (χ3v) is 5.03. The van der Waals surface area contributed by atoms with Gasteiger partial charge >= 0.3 is 0 Å². The van der Waals surface area contributed by atoms with Crippen molar-refractivity contribution in [2.24, 2.45) is 0 Å². The van der Waals surface area contributed by atoms with E-state index >= 15 is 0 Å². The summed E-state index contributed by atoms with van der Waals surface area (Å²) in [5.74, 6) is 0.0463. The molecule has 0 saturated carbocycles. The fourth-order valence-corrected chi connectivity index (χ4v) is 3.60. The van der Waals surface area contributed by atoms with Crippen LogP contribution in [-0.4, -0.2) is 28.8 Å². The molecule has 1 aliphatic rings. The number of rotatable bonds is 4. The van der Waals surface area contributed by atoms with Crippen LogP contribution in [0.2, 0.25) is 0 Å². The number of halogens is 1. The van der Waals surface area contributed by atoms with E-state index in [0.29, 0.717) is 6.54 Å². The Balaban J connectivity index is 1.77. The quantitative estimate of drug-likeness (QED) is 0.860. The summed E-state index contributed by atoms with van der Waals surface area (Å²) in [6, 6.07) is 7.98. The Labute approximate surface area is 144 Å². The zero-order valence-electron chi connectivity index (χ0n) is 13.2. The molecule has 1 saturated heterocycles. The minimum atomic E-state index is -0.585. The Morgan fingerprint density at radius 2 is 2.22 bits per heavy atom. The van der Waals surface area contributed by atoms with E-state index in [1.165, 1.54) is 0 Å². The monoisotopic (exact) mass is 376 g/mol. The fraction of sp³-hybridized carbons (Fsp3) is 0.412. The van der Waals surface area contributed by atoms with Crippen LogP contribution >= 0.6 is 15.9 Å². The largest absolute Gasteiger partial charge is 0.350 e. The number of carbonyl (C=O) groups is 1. The summed E-state index contributed by atoms with van der Waals surface area (Å²) >= 11 is 3.47. The number of hydrogen-bond donors (Lipinski definition) is 2. The second-order valence-corrected chi connectivity index (χ2v) is 6.90. The summed E-state index contributed by atoms with van der Waals surface area (Å²) in [5.41, 5.74) is 1.71. The third-order valence-electron chi connectivity index (χ3n) is 4.54. The van der Waals surface area contributed by atoms with Crippen LogP contribution in [0.25, 0.3) is 0 Å². The number of piperidine rings is 1. The molecule has 0 spiro atoms. The lowest BCUT2D eigenvalue weighted by molar-refractivity contribution is -0.132. The van der Waals surface area contributed by atoms with Crippen LogP contribution in [0.15, 0.2) is 41.1 Å². The Morgan fingerprint density at radius 1 is 1.43 bits per heavy atom. The van der Waals surface area contributed by atoms with Crippen molar-refractivity contribution in [1.29, 1.82) is 0 Å². The van der Waals surface area contributed by atoms with E-state index in [-0.39, 0.29) is 5.91 Å². The Kier molecular flexibility index (Phi) is 4.82. The lowest BCUT2D eigenvalue weighted by Crippen LogP contribution is -2.54. The molecule has 0 aliphatic carbocycles. The summed E-state index contributed by atoms with van der Waals surface area (Å²) in [4.78, 5) is 13.0. The summed E-state index contributed by atoms with van der Waals surface area (Å²) in [6.07, 6.45) is 5.12. The summed E-state index contributed by atoms with van der Waals surface area (Å²) < 4.78 is 2.87. The van der Waals surface area contributed by atoms with E-state index < -0.39 is 5.54 Å². The van der Waals surface area contributed by atoms with Gasteiger partial charge in [-0.15, -0.1) is 0 Å². The van der Waals surface area contributed by atoms with Crippen LogP contribution in [0.1, 0.15) is 24.0 Å². The number of nitrogens with one attached hydrogen (secondary N) is 2. The highest BCUT2D eigenvalue weighted by atomic mass is 79.9. The van der Waals surface area contributed by atoms with Gasteiger partial charge in [0.05, 0.1) is 0 Å². The number of carbonyl (C=O) groups excluding carboxylic acids is 1. The molecule has 2 N–H and O–H groups in total. The van der Waals surface area contributed by atoms with Crippen LogP contribution in [0, 0.1) is 6.92 Å². The number of aryl methyl sites for hydroxylation is 1. The van der Waals surface area contributed by atoms with Crippen molar-refractivity contribution in [3.05, 3.63) is 52.3 Å². The van der Waals surface area contributed by atoms with Gasteiger partial charge < -0.3 is 10.6 Å². The maximum absolute atomic E-state index is 13.0. The minimum absolute atomic E-state index is 0.0463. The van der Waals surface area contributed by atoms with E-state index in [9.17, 15) is 4.79 Å². The normalized spacial score (nSPS) is 17.0. The highest BCUT2D eigenvalue weighted by Crippen LogP contribution is 2.27. The molecule has 0 atom stereocenters. The van der Waals surface area contributed by atoms with Gasteiger partial charge in [0.15, 0.2) is 0 Å². The smallest absolute Gasteiger partial charge is 0.248 e. The minimum Gasteiger partial charge on any atom is -0.350 e. The first-order valence-electron chi connectivity index (χ1n) is 7.86. The predicted molar refractivity (Wildman–Crippen MR) is 93.0 cm³/mol. The molecule has 23 heavy (non-hydrogen) atoms. The van der Waals surface area contributed by atoms with Crippen molar-refractivity contribution >= 4 is 21.8 Å².